The Kier molecular flexibility index (Phi) is 6.98. The van der Waals surface area contributed by atoms with E-state index in [0.29, 0.717) is 18.9 Å². The fourth-order valence-corrected chi connectivity index (χ4v) is 3.32. The van der Waals surface area contributed by atoms with E-state index in [-0.39, 0.29) is 17.8 Å². The van der Waals surface area contributed by atoms with Gasteiger partial charge in [0.05, 0.1) is 6.10 Å². The Balaban J connectivity index is 1.77. The predicted molar refractivity (Wildman–Crippen MR) is 112 cm³/mol. The molecule has 0 spiro atoms. The lowest BCUT2D eigenvalue weighted by Crippen LogP contribution is -2.33. The average molecular weight is 400 g/mol. The number of benzene rings is 1. The zero-order chi connectivity index (χ0) is 20.9. The molecule has 156 valence electrons. The average Bonchev–Trinajstić information content (AvgIpc) is 3.17. The number of hydrogen-bond donors (Lipinski definition) is 1. The number of anilines is 1. The number of halogens is 1. The first-order valence-electron chi connectivity index (χ1n) is 10.1. The molecule has 3 rings (SSSR count). The fraction of sp³-hybridized carbons (Fsp3) is 0.478. The second kappa shape index (κ2) is 9.46. The van der Waals surface area contributed by atoms with E-state index < -0.39 is 5.41 Å². The van der Waals surface area contributed by atoms with Crippen LogP contribution in [0.5, 0.6) is 0 Å². The second-order valence-corrected chi connectivity index (χ2v) is 8.65. The molecule has 2 heterocycles. The minimum Gasteiger partial charge on any atom is -0.377 e. The number of nitrogens with zero attached hydrogens (tertiary/aromatic N) is 2. The molecule has 5 nitrogen and oxygen atoms in total. The number of aromatic nitrogens is 1. The summed E-state index contributed by atoms with van der Waals surface area (Å²) in [6, 6.07) is 10.5. The zero-order valence-electron chi connectivity index (χ0n) is 17.5. The number of carbonyl (C=O) groups is 1. The maximum atomic E-state index is 13.3. The third kappa shape index (κ3) is 6.34. The number of carbonyl (C=O) groups excluding carboxylic acids is 1. The molecular formula is C23H30FN3O2. The minimum absolute atomic E-state index is 0.0679. The molecule has 0 aliphatic carbocycles. The standard InChI is InChI=1S/C23H30FN3O2/c1-23(2,3)22(28)26-21-18(6-4-12-25-21)15-27(16-20-7-5-13-29-20)14-17-8-10-19(24)11-9-17/h4,6,8-12,20H,5,7,13-16H2,1-3H3,(H,25,26,28). The predicted octanol–water partition coefficient (Wildman–Crippen LogP) is 4.39. The number of hydrogen-bond acceptors (Lipinski definition) is 4. The lowest BCUT2D eigenvalue weighted by atomic mass is 9.95. The van der Waals surface area contributed by atoms with Crippen LogP contribution in [0.2, 0.25) is 0 Å². The summed E-state index contributed by atoms with van der Waals surface area (Å²) in [6.07, 6.45) is 4.00. The fourth-order valence-electron chi connectivity index (χ4n) is 3.32. The van der Waals surface area contributed by atoms with Crippen molar-refractivity contribution in [2.45, 2.75) is 52.8 Å². The van der Waals surface area contributed by atoms with E-state index in [9.17, 15) is 9.18 Å². The summed E-state index contributed by atoms with van der Waals surface area (Å²) < 4.78 is 19.1. The van der Waals surface area contributed by atoms with Gasteiger partial charge in [0, 0.05) is 43.4 Å². The van der Waals surface area contributed by atoms with Crippen LogP contribution in [-0.2, 0) is 22.6 Å². The highest BCUT2D eigenvalue weighted by molar-refractivity contribution is 5.94. The van der Waals surface area contributed by atoms with E-state index >= 15 is 0 Å². The van der Waals surface area contributed by atoms with Crippen LogP contribution in [0.4, 0.5) is 10.2 Å². The van der Waals surface area contributed by atoms with E-state index in [1.54, 1.807) is 6.20 Å². The maximum Gasteiger partial charge on any atom is 0.230 e. The zero-order valence-corrected chi connectivity index (χ0v) is 17.5. The molecule has 6 heteroatoms. The monoisotopic (exact) mass is 399 g/mol. The highest BCUT2D eigenvalue weighted by Crippen LogP contribution is 2.22. The molecule has 1 fully saturated rings. The van der Waals surface area contributed by atoms with Gasteiger partial charge in [-0.3, -0.25) is 9.69 Å². The molecule has 1 N–H and O–H groups in total. The van der Waals surface area contributed by atoms with Crippen LogP contribution in [0, 0.1) is 11.2 Å². The summed E-state index contributed by atoms with van der Waals surface area (Å²) in [4.78, 5) is 19.1. The van der Waals surface area contributed by atoms with Gasteiger partial charge in [0.15, 0.2) is 0 Å². The molecule has 29 heavy (non-hydrogen) atoms. The van der Waals surface area contributed by atoms with E-state index in [1.807, 2.05) is 45.0 Å². The highest BCUT2D eigenvalue weighted by atomic mass is 19.1. The molecule has 0 bridgehead atoms. The van der Waals surface area contributed by atoms with Crippen molar-refractivity contribution in [1.29, 1.82) is 0 Å². The van der Waals surface area contributed by atoms with Crippen molar-refractivity contribution in [2.75, 3.05) is 18.5 Å². The lowest BCUT2D eigenvalue weighted by molar-refractivity contribution is -0.123. The number of amides is 1. The first-order chi connectivity index (χ1) is 13.8. The molecule has 1 amide bonds. The Morgan fingerprint density at radius 1 is 1.24 bits per heavy atom. The maximum absolute atomic E-state index is 13.3. The third-order valence-electron chi connectivity index (χ3n) is 5.00. The summed E-state index contributed by atoms with van der Waals surface area (Å²) in [5.41, 5.74) is 1.49. The molecule has 1 aliphatic heterocycles. The Labute approximate surface area is 172 Å². The first kappa shape index (κ1) is 21.4. The third-order valence-corrected chi connectivity index (χ3v) is 5.00. The molecule has 1 aliphatic rings. The van der Waals surface area contributed by atoms with Gasteiger partial charge in [0.25, 0.3) is 0 Å². The summed E-state index contributed by atoms with van der Waals surface area (Å²) in [5, 5.41) is 2.96. The van der Waals surface area contributed by atoms with Crippen LogP contribution >= 0.6 is 0 Å². The second-order valence-electron chi connectivity index (χ2n) is 8.65. The quantitative estimate of drug-likeness (QED) is 0.750. The smallest absolute Gasteiger partial charge is 0.230 e. The van der Waals surface area contributed by atoms with Gasteiger partial charge in [-0.15, -0.1) is 0 Å². The minimum atomic E-state index is -0.500. The van der Waals surface area contributed by atoms with E-state index in [0.717, 1.165) is 37.1 Å². The van der Waals surface area contributed by atoms with E-state index in [4.69, 9.17) is 4.74 Å². The van der Waals surface area contributed by atoms with Crippen molar-refractivity contribution in [3.8, 4) is 0 Å². The summed E-state index contributed by atoms with van der Waals surface area (Å²) in [7, 11) is 0. The molecule has 0 radical (unpaired) electrons. The van der Waals surface area contributed by atoms with Gasteiger partial charge < -0.3 is 10.1 Å². The molecule has 1 aromatic heterocycles. The molecule has 1 atom stereocenters. The Morgan fingerprint density at radius 2 is 2.00 bits per heavy atom. The van der Waals surface area contributed by atoms with Crippen molar-refractivity contribution >= 4 is 11.7 Å². The summed E-state index contributed by atoms with van der Waals surface area (Å²) >= 11 is 0. The molecule has 1 aromatic carbocycles. The number of pyridine rings is 1. The van der Waals surface area contributed by atoms with Gasteiger partial charge >= 0.3 is 0 Å². The van der Waals surface area contributed by atoms with Crippen molar-refractivity contribution in [1.82, 2.24) is 9.88 Å². The molecular weight excluding hydrogens is 369 g/mol. The number of rotatable bonds is 7. The molecule has 0 saturated carbocycles. The van der Waals surface area contributed by atoms with Crippen molar-refractivity contribution in [2.24, 2.45) is 5.41 Å². The van der Waals surface area contributed by atoms with E-state index in [2.05, 4.69) is 15.2 Å². The largest absolute Gasteiger partial charge is 0.377 e. The van der Waals surface area contributed by atoms with Gasteiger partial charge in [-0.2, -0.15) is 0 Å². The Hall–Kier alpha value is -2.31. The number of nitrogens with one attached hydrogen (secondary N) is 1. The van der Waals surface area contributed by atoms with Crippen LogP contribution in [0.1, 0.15) is 44.7 Å². The van der Waals surface area contributed by atoms with Crippen molar-refractivity contribution in [3.63, 3.8) is 0 Å². The van der Waals surface area contributed by atoms with Gasteiger partial charge in [-0.05, 0) is 36.6 Å². The van der Waals surface area contributed by atoms with Gasteiger partial charge in [-0.1, -0.05) is 39.0 Å². The highest BCUT2D eigenvalue weighted by Gasteiger charge is 2.24. The van der Waals surface area contributed by atoms with Gasteiger partial charge in [0.1, 0.15) is 11.6 Å². The van der Waals surface area contributed by atoms with Crippen molar-refractivity contribution in [3.05, 3.63) is 59.5 Å². The van der Waals surface area contributed by atoms with Crippen LogP contribution in [0.15, 0.2) is 42.6 Å². The SMILES string of the molecule is CC(C)(C)C(=O)Nc1ncccc1CN(Cc1ccc(F)cc1)CC1CCCO1. The molecule has 2 aromatic rings. The number of ether oxygens (including phenoxy) is 1. The first-order valence-corrected chi connectivity index (χ1v) is 10.1. The van der Waals surface area contributed by atoms with Crippen molar-refractivity contribution < 1.29 is 13.9 Å². The van der Waals surface area contributed by atoms with Gasteiger partial charge in [0.2, 0.25) is 5.91 Å². The normalized spacial score (nSPS) is 16.9. The van der Waals surface area contributed by atoms with Crippen LogP contribution < -0.4 is 5.32 Å². The molecule has 1 saturated heterocycles. The Bertz CT molecular complexity index is 812. The Morgan fingerprint density at radius 3 is 2.66 bits per heavy atom. The van der Waals surface area contributed by atoms with Gasteiger partial charge in [-0.25, -0.2) is 9.37 Å². The summed E-state index contributed by atoms with van der Waals surface area (Å²) in [5.74, 6) is 0.282. The molecule has 1 unspecified atom stereocenters. The lowest BCUT2D eigenvalue weighted by Gasteiger charge is -2.26. The van der Waals surface area contributed by atoms with Crippen LogP contribution in [0.25, 0.3) is 0 Å². The topological polar surface area (TPSA) is 54.5 Å². The summed E-state index contributed by atoms with van der Waals surface area (Å²) in [6.45, 7) is 8.50. The van der Waals surface area contributed by atoms with Crippen LogP contribution in [0.3, 0.4) is 0 Å². The van der Waals surface area contributed by atoms with Crippen LogP contribution in [-0.4, -0.2) is 35.0 Å². The van der Waals surface area contributed by atoms with E-state index in [1.165, 1.54) is 12.1 Å².